The number of benzene rings is 1. The molecule has 0 heterocycles. The Hall–Kier alpha value is -0.860. The van der Waals surface area contributed by atoms with Gasteiger partial charge in [0.2, 0.25) is 0 Å². The first-order valence-electron chi connectivity index (χ1n) is 7.42. The van der Waals surface area contributed by atoms with E-state index in [2.05, 4.69) is 19.9 Å². The van der Waals surface area contributed by atoms with Gasteiger partial charge in [-0.1, -0.05) is 37.5 Å². The van der Waals surface area contributed by atoms with Crippen LogP contribution in [-0.2, 0) is 4.74 Å². The first-order valence-corrected chi connectivity index (χ1v) is 7.42. The fourth-order valence-corrected chi connectivity index (χ4v) is 3.31. The van der Waals surface area contributed by atoms with Crippen LogP contribution in [-0.4, -0.2) is 18.3 Å². The predicted octanol–water partition coefficient (Wildman–Crippen LogP) is 3.93. The first kappa shape index (κ1) is 14.5. The molecule has 2 heteroatoms. The molecule has 0 bridgehead atoms. The second-order valence-corrected chi connectivity index (χ2v) is 5.83. The fraction of sp³-hybridized carbons (Fsp3) is 0.647. The van der Waals surface area contributed by atoms with Crippen molar-refractivity contribution in [3.63, 3.8) is 0 Å². The third-order valence-electron chi connectivity index (χ3n) is 4.66. The van der Waals surface area contributed by atoms with Gasteiger partial charge in [0, 0.05) is 7.11 Å². The lowest BCUT2D eigenvalue weighted by Gasteiger charge is -2.33. The van der Waals surface area contributed by atoms with Gasteiger partial charge in [-0.2, -0.15) is 0 Å². The lowest BCUT2D eigenvalue weighted by molar-refractivity contribution is -0.0561. The molecule has 0 amide bonds. The summed E-state index contributed by atoms with van der Waals surface area (Å²) in [5.74, 6) is 0.494. The van der Waals surface area contributed by atoms with Gasteiger partial charge in [0.05, 0.1) is 6.10 Å². The van der Waals surface area contributed by atoms with E-state index in [9.17, 15) is 5.11 Å². The Morgan fingerprint density at radius 3 is 2.47 bits per heavy atom. The largest absolute Gasteiger partial charge is 0.386 e. The van der Waals surface area contributed by atoms with Crippen LogP contribution in [0, 0.1) is 19.8 Å². The Morgan fingerprint density at radius 1 is 1.16 bits per heavy atom. The molecule has 19 heavy (non-hydrogen) atoms. The van der Waals surface area contributed by atoms with Gasteiger partial charge in [-0.25, -0.2) is 0 Å². The molecule has 1 aliphatic carbocycles. The Kier molecular flexibility index (Phi) is 5.00. The Balaban J connectivity index is 2.19. The summed E-state index contributed by atoms with van der Waals surface area (Å²) in [5, 5.41) is 10.7. The molecule has 2 atom stereocenters. The van der Waals surface area contributed by atoms with E-state index in [-0.39, 0.29) is 6.10 Å². The number of rotatable bonds is 4. The van der Waals surface area contributed by atoms with Crippen molar-refractivity contribution in [2.24, 2.45) is 5.92 Å². The molecule has 0 saturated heterocycles. The van der Waals surface area contributed by atoms with E-state index < -0.39 is 6.10 Å². The number of methoxy groups -OCH3 is 1. The van der Waals surface area contributed by atoms with Crippen LogP contribution in [0.3, 0.4) is 0 Å². The normalized spacial score (nSPS) is 20.2. The Labute approximate surface area is 116 Å². The van der Waals surface area contributed by atoms with Gasteiger partial charge in [0.15, 0.2) is 0 Å². The van der Waals surface area contributed by atoms with Crippen LogP contribution in [0.1, 0.15) is 54.9 Å². The molecule has 0 aromatic heterocycles. The van der Waals surface area contributed by atoms with E-state index in [1.54, 1.807) is 7.11 Å². The van der Waals surface area contributed by atoms with E-state index in [0.717, 1.165) is 5.56 Å². The SMILES string of the molecule is COC(C1CCCCC1)C(O)c1cccc(C)c1C. The number of hydrogen-bond donors (Lipinski definition) is 1. The van der Waals surface area contributed by atoms with Crippen molar-refractivity contribution in [2.75, 3.05) is 7.11 Å². The average Bonchev–Trinajstić information content (AvgIpc) is 2.44. The lowest BCUT2D eigenvalue weighted by atomic mass is 9.81. The number of aliphatic hydroxyl groups is 1. The third kappa shape index (κ3) is 3.18. The molecule has 0 radical (unpaired) electrons. The highest BCUT2D eigenvalue weighted by atomic mass is 16.5. The molecular weight excluding hydrogens is 236 g/mol. The van der Waals surface area contributed by atoms with E-state index in [1.165, 1.54) is 43.2 Å². The second kappa shape index (κ2) is 6.53. The van der Waals surface area contributed by atoms with Gasteiger partial charge in [0.25, 0.3) is 0 Å². The van der Waals surface area contributed by atoms with Crippen LogP contribution in [0.5, 0.6) is 0 Å². The van der Waals surface area contributed by atoms with Crippen LogP contribution < -0.4 is 0 Å². The van der Waals surface area contributed by atoms with Gasteiger partial charge in [-0.05, 0) is 49.3 Å². The second-order valence-electron chi connectivity index (χ2n) is 5.83. The van der Waals surface area contributed by atoms with Crippen molar-refractivity contribution in [1.82, 2.24) is 0 Å². The van der Waals surface area contributed by atoms with Crippen LogP contribution in [0.2, 0.25) is 0 Å². The summed E-state index contributed by atoms with van der Waals surface area (Å²) in [5.41, 5.74) is 3.44. The molecule has 2 rings (SSSR count). The third-order valence-corrected chi connectivity index (χ3v) is 4.66. The zero-order chi connectivity index (χ0) is 13.8. The van der Waals surface area contributed by atoms with Gasteiger partial charge in [-0.15, -0.1) is 0 Å². The first-order chi connectivity index (χ1) is 9.15. The summed E-state index contributed by atoms with van der Waals surface area (Å²) < 4.78 is 5.65. The molecule has 1 aliphatic rings. The number of hydrogen-bond acceptors (Lipinski definition) is 2. The summed E-state index contributed by atoms with van der Waals surface area (Å²) in [7, 11) is 1.73. The summed E-state index contributed by atoms with van der Waals surface area (Å²) in [6.07, 6.45) is 5.65. The van der Waals surface area contributed by atoms with E-state index in [4.69, 9.17) is 4.74 Å². The molecule has 106 valence electrons. The molecule has 1 N–H and O–H groups in total. The number of ether oxygens (including phenoxy) is 1. The predicted molar refractivity (Wildman–Crippen MR) is 78.2 cm³/mol. The number of aliphatic hydroxyl groups excluding tert-OH is 1. The lowest BCUT2D eigenvalue weighted by Crippen LogP contribution is -2.31. The molecule has 1 saturated carbocycles. The monoisotopic (exact) mass is 262 g/mol. The van der Waals surface area contributed by atoms with Crippen molar-refractivity contribution in [2.45, 2.75) is 58.2 Å². The Morgan fingerprint density at radius 2 is 1.84 bits per heavy atom. The minimum Gasteiger partial charge on any atom is -0.386 e. The minimum absolute atomic E-state index is 0.0687. The summed E-state index contributed by atoms with van der Waals surface area (Å²) >= 11 is 0. The summed E-state index contributed by atoms with van der Waals surface area (Å²) in [6, 6.07) is 6.14. The van der Waals surface area contributed by atoms with Gasteiger partial charge >= 0.3 is 0 Å². The molecule has 0 spiro atoms. The van der Waals surface area contributed by atoms with Gasteiger partial charge in [-0.3, -0.25) is 0 Å². The molecule has 1 fully saturated rings. The van der Waals surface area contributed by atoms with Crippen molar-refractivity contribution in [1.29, 1.82) is 0 Å². The Bertz CT molecular complexity index is 408. The van der Waals surface area contributed by atoms with Crippen LogP contribution >= 0.6 is 0 Å². The standard InChI is InChI=1S/C17H26O2/c1-12-8-7-11-15(13(12)2)16(18)17(19-3)14-9-5-4-6-10-14/h7-8,11,14,16-18H,4-6,9-10H2,1-3H3. The van der Waals surface area contributed by atoms with Crippen molar-refractivity contribution >= 4 is 0 Å². The van der Waals surface area contributed by atoms with E-state index in [0.29, 0.717) is 5.92 Å². The molecule has 2 nitrogen and oxygen atoms in total. The maximum atomic E-state index is 10.7. The minimum atomic E-state index is -0.506. The van der Waals surface area contributed by atoms with E-state index in [1.807, 2.05) is 12.1 Å². The smallest absolute Gasteiger partial charge is 0.106 e. The van der Waals surface area contributed by atoms with Crippen LogP contribution in [0.4, 0.5) is 0 Å². The maximum Gasteiger partial charge on any atom is 0.106 e. The zero-order valence-electron chi connectivity index (χ0n) is 12.4. The fourth-order valence-electron chi connectivity index (χ4n) is 3.31. The highest BCUT2D eigenvalue weighted by molar-refractivity contribution is 5.35. The summed E-state index contributed by atoms with van der Waals surface area (Å²) in [4.78, 5) is 0. The average molecular weight is 262 g/mol. The van der Waals surface area contributed by atoms with Crippen molar-refractivity contribution in [3.8, 4) is 0 Å². The van der Waals surface area contributed by atoms with Crippen LogP contribution in [0.25, 0.3) is 0 Å². The summed E-state index contributed by atoms with van der Waals surface area (Å²) in [6.45, 7) is 4.18. The van der Waals surface area contributed by atoms with Crippen molar-refractivity contribution < 1.29 is 9.84 Å². The van der Waals surface area contributed by atoms with E-state index >= 15 is 0 Å². The molecule has 1 aromatic rings. The van der Waals surface area contributed by atoms with Gasteiger partial charge < -0.3 is 9.84 Å². The van der Waals surface area contributed by atoms with Crippen LogP contribution in [0.15, 0.2) is 18.2 Å². The molecule has 2 unspecified atom stereocenters. The molecule has 1 aromatic carbocycles. The maximum absolute atomic E-state index is 10.7. The van der Waals surface area contributed by atoms with Crippen molar-refractivity contribution in [3.05, 3.63) is 34.9 Å². The molecular formula is C17H26O2. The highest BCUT2D eigenvalue weighted by Crippen LogP contribution is 2.35. The molecule has 0 aliphatic heterocycles. The highest BCUT2D eigenvalue weighted by Gasteiger charge is 2.31. The van der Waals surface area contributed by atoms with Gasteiger partial charge in [0.1, 0.15) is 6.10 Å². The zero-order valence-corrected chi connectivity index (χ0v) is 12.4. The topological polar surface area (TPSA) is 29.5 Å². The number of aryl methyl sites for hydroxylation is 1. The quantitative estimate of drug-likeness (QED) is 0.890.